The zero-order valence-electron chi connectivity index (χ0n) is 15.8. The predicted octanol–water partition coefficient (Wildman–Crippen LogP) is 4.58. The molecule has 158 valence electrons. The van der Waals surface area contributed by atoms with Gasteiger partial charge in [0.05, 0.1) is 18.6 Å². The first-order chi connectivity index (χ1) is 14.9. The molecule has 0 aliphatic carbocycles. The molecule has 0 spiro atoms. The lowest BCUT2D eigenvalue weighted by Gasteiger charge is -2.09. The maximum absolute atomic E-state index is 13.1. The molecule has 0 saturated heterocycles. The highest BCUT2D eigenvalue weighted by Crippen LogP contribution is 2.37. The lowest BCUT2D eigenvalue weighted by atomic mass is 10.0. The number of nitrogens with one attached hydrogen (secondary N) is 1. The molecular formula is C20H14ClF3N6O. The van der Waals surface area contributed by atoms with Crippen molar-refractivity contribution in [3.63, 3.8) is 0 Å². The van der Waals surface area contributed by atoms with Crippen molar-refractivity contribution in [2.45, 2.75) is 18.6 Å². The highest BCUT2D eigenvalue weighted by molar-refractivity contribution is 6.30. The first kappa shape index (κ1) is 19.6. The number of H-pyrrole nitrogens is 1. The normalized spacial score (nSPS) is 15.7. The van der Waals surface area contributed by atoms with Gasteiger partial charge < -0.3 is 9.30 Å². The number of benzene rings is 1. The molecule has 0 radical (unpaired) electrons. The quantitative estimate of drug-likeness (QED) is 0.496. The Labute approximate surface area is 178 Å². The van der Waals surface area contributed by atoms with E-state index < -0.39 is 11.9 Å². The van der Waals surface area contributed by atoms with E-state index in [-0.39, 0.29) is 17.2 Å². The summed E-state index contributed by atoms with van der Waals surface area (Å²) < 4.78 is 47.0. The van der Waals surface area contributed by atoms with E-state index in [1.807, 2.05) is 21.9 Å². The van der Waals surface area contributed by atoms with E-state index >= 15 is 0 Å². The van der Waals surface area contributed by atoms with Crippen LogP contribution in [0.4, 0.5) is 13.2 Å². The Morgan fingerprint density at radius 2 is 2.00 bits per heavy atom. The van der Waals surface area contributed by atoms with Crippen LogP contribution in [0.3, 0.4) is 0 Å². The molecule has 0 fully saturated rings. The van der Waals surface area contributed by atoms with Gasteiger partial charge in [0.2, 0.25) is 0 Å². The zero-order chi connectivity index (χ0) is 21.6. The fourth-order valence-electron chi connectivity index (χ4n) is 3.60. The van der Waals surface area contributed by atoms with E-state index in [2.05, 4.69) is 20.2 Å². The lowest BCUT2D eigenvalue weighted by molar-refractivity contribution is -0.140. The molecule has 3 aromatic heterocycles. The first-order valence-electron chi connectivity index (χ1n) is 9.27. The lowest BCUT2D eigenvalue weighted by Crippen LogP contribution is -2.09. The van der Waals surface area contributed by atoms with Crippen LogP contribution in [-0.2, 0) is 12.7 Å². The van der Waals surface area contributed by atoms with Crippen LogP contribution in [0.15, 0.2) is 49.1 Å². The second-order valence-corrected chi connectivity index (χ2v) is 7.53. The van der Waals surface area contributed by atoms with Crippen molar-refractivity contribution >= 4 is 11.6 Å². The molecule has 0 amide bonds. The highest BCUT2D eigenvalue weighted by atomic mass is 35.5. The topological polar surface area (TPSA) is 81.5 Å². The first-order valence-corrected chi connectivity index (χ1v) is 9.65. The second kappa shape index (κ2) is 7.38. The molecule has 4 aromatic rings. The number of pyridine rings is 1. The van der Waals surface area contributed by atoms with Gasteiger partial charge in [-0.1, -0.05) is 11.6 Å². The molecule has 0 unspecified atom stereocenters. The Balaban J connectivity index is 1.40. The number of alkyl halides is 3. The number of hydrogen-bond donors (Lipinski definition) is 1. The summed E-state index contributed by atoms with van der Waals surface area (Å²) in [7, 11) is 0. The van der Waals surface area contributed by atoms with Gasteiger partial charge in [-0.3, -0.25) is 4.98 Å². The van der Waals surface area contributed by atoms with Gasteiger partial charge >= 0.3 is 6.18 Å². The third-order valence-electron chi connectivity index (χ3n) is 5.03. The fraction of sp³-hybridized carbons (Fsp3) is 0.200. The summed E-state index contributed by atoms with van der Waals surface area (Å²) in [6, 6.07) is 8.49. The summed E-state index contributed by atoms with van der Waals surface area (Å²) in [5, 5.41) is 9.57. The van der Waals surface area contributed by atoms with Crippen molar-refractivity contribution in [2.24, 2.45) is 0 Å². The number of rotatable bonds is 4. The average Bonchev–Trinajstić information content (AvgIpc) is 3.48. The number of imidazole rings is 1. The third kappa shape index (κ3) is 3.74. The largest absolute Gasteiger partial charge is 0.493 e. The summed E-state index contributed by atoms with van der Waals surface area (Å²) in [5.41, 5.74) is 0.880. The van der Waals surface area contributed by atoms with Gasteiger partial charge in [-0.25, -0.2) is 4.98 Å². The standard InChI is InChI=1S/C20H14ClF3N6O/c21-13-1-2-17-14(6-13)12(9-31-17)7-30-8-16(26-10-30)15-5-11(3-4-25-15)18-19(20(22,23)24)28-29-27-18/h1-6,8,10,12H,7,9H2,(H,27,28,29)/t12-/m1/s1. The van der Waals surface area contributed by atoms with Crippen LogP contribution in [0.25, 0.3) is 22.6 Å². The van der Waals surface area contributed by atoms with Crippen LogP contribution in [-0.4, -0.2) is 36.6 Å². The molecule has 11 heteroatoms. The molecule has 31 heavy (non-hydrogen) atoms. The van der Waals surface area contributed by atoms with Crippen LogP contribution < -0.4 is 4.74 Å². The molecule has 1 aromatic carbocycles. The Morgan fingerprint density at radius 3 is 2.84 bits per heavy atom. The number of ether oxygens (including phenoxy) is 1. The number of aromatic nitrogens is 6. The van der Waals surface area contributed by atoms with Gasteiger partial charge in [-0.15, -0.1) is 0 Å². The number of aromatic amines is 1. The van der Waals surface area contributed by atoms with Crippen molar-refractivity contribution in [1.82, 2.24) is 29.9 Å². The average molecular weight is 447 g/mol. The third-order valence-corrected chi connectivity index (χ3v) is 5.26. The fourth-order valence-corrected chi connectivity index (χ4v) is 3.78. The Bertz CT molecular complexity index is 1250. The van der Waals surface area contributed by atoms with Crippen LogP contribution in [0.5, 0.6) is 5.75 Å². The zero-order valence-corrected chi connectivity index (χ0v) is 16.5. The van der Waals surface area contributed by atoms with Crippen LogP contribution in [0.1, 0.15) is 17.2 Å². The number of nitrogens with zero attached hydrogens (tertiary/aromatic N) is 5. The van der Waals surface area contributed by atoms with Crippen LogP contribution in [0.2, 0.25) is 5.02 Å². The summed E-state index contributed by atoms with van der Waals surface area (Å²) in [6.45, 7) is 1.14. The smallest absolute Gasteiger partial charge is 0.437 e. The van der Waals surface area contributed by atoms with E-state index in [1.54, 1.807) is 18.6 Å². The summed E-state index contributed by atoms with van der Waals surface area (Å²) in [6.07, 6.45) is 0.253. The summed E-state index contributed by atoms with van der Waals surface area (Å²) in [5.74, 6) is 0.928. The van der Waals surface area contributed by atoms with E-state index in [9.17, 15) is 13.2 Å². The minimum absolute atomic E-state index is 0.111. The molecule has 7 nitrogen and oxygen atoms in total. The van der Waals surface area contributed by atoms with Crippen LogP contribution >= 0.6 is 11.6 Å². The number of hydrogen-bond acceptors (Lipinski definition) is 5. The van der Waals surface area contributed by atoms with Crippen molar-refractivity contribution in [3.05, 3.63) is 65.3 Å². The van der Waals surface area contributed by atoms with Gasteiger partial charge in [-0.05, 0) is 30.3 Å². The van der Waals surface area contributed by atoms with Crippen molar-refractivity contribution in [2.75, 3.05) is 6.61 Å². The monoisotopic (exact) mass is 446 g/mol. The maximum Gasteiger partial charge on any atom is 0.437 e. The molecule has 1 atom stereocenters. The molecule has 1 N–H and O–H groups in total. The molecular weight excluding hydrogens is 433 g/mol. The summed E-state index contributed by atoms with van der Waals surface area (Å²) >= 11 is 6.11. The molecule has 5 rings (SSSR count). The predicted molar refractivity (Wildman–Crippen MR) is 106 cm³/mol. The van der Waals surface area contributed by atoms with E-state index in [1.165, 1.54) is 18.3 Å². The number of halogens is 4. The van der Waals surface area contributed by atoms with E-state index in [4.69, 9.17) is 16.3 Å². The molecule has 0 saturated carbocycles. The Kier molecular flexibility index (Phi) is 4.66. The van der Waals surface area contributed by atoms with Crippen LogP contribution in [0, 0.1) is 0 Å². The minimum atomic E-state index is -4.62. The minimum Gasteiger partial charge on any atom is -0.493 e. The Hall–Kier alpha value is -3.40. The van der Waals surface area contributed by atoms with E-state index in [0.717, 1.165) is 11.3 Å². The van der Waals surface area contributed by atoms with Gasteiger partial charge in [0.25, 0.3) is 0 Å². The maximum atomic E-state index is 13.1. The SMILES string of the molecule is FC(F)(F)c1n[nH]nc1-c1ccnc(-c2cn(C[C@@H]3COc4ccc(Cl)cc43)cn2)c1. The molecule has 0 bridgehead atoms. The highest BCUT2D eigenvalue weighted by Gasteiger charge is 2.38. The molecule has 4 heterocycles. The summed E-state index contributed by atoms with van der Waals surface area (Å²) in [4.78, 5) is 8.61. The van der Waals surface area contributed by atoms with Gasteiger partial charge in [0.15, 0.2) is 5.69 Å². The molecule has 1 aliphatic heterocycles. The van der Waals surface area contributed by atoms with Crippen molar-refractivity contribution in [3.8, 4) is 28.4 Å². The number of fused-ring (bicyclic) bond motifs is 1. The second-order valence-electron chi connectivity index (χ2n) is 7.09. The van der Waals surface area contributed by atoms with Gasteiger partial charge in [0.1, 0.15) is 17.1 Å². The van der Waals surface area contributed by atoms with Crippen molar-refractivity contribution in [1.29, 1.82) is 0 Å². The van der Waals surface area contributed by atoms with Crippen molar-refractivity contribution < 1.29 is 17.9 Å². The Morgan fingerprint density at radius 1 is 1.13 bits per heavy atom. The van der Waals surface area contributed by atoms with Gasteiger partial charge in [0, 0.05) is 41.0 Å². The van der Waals surface area contributed by atoms with Gasteiger partial charge in [-0.2, -0.15) is 28.6 Å². The van der Waals surface area contributed by atoms with E-state index in [0.29, 0.717) is 29.6 Å². The molecule has 1 aliphatic rings.